The van der Waals surface area contributed by atoms with Gasteiger partial charge in [0, 0.05) is 29.7 Å². The molecular weight excluding hydrogens is 378 g/mol. The van der Waals surface area contributed by atoms with Crippen molar-refractivity contribution in [1.29, 1.82) is 0 Å². The van der Waals surface area contributed by atoms with Gasteiger partial charge in [0.1, 0.15) is 0 Å². The summed E-state index contributed by atoms with van der Waals surface area (Å²) in [6, 6.07) is 12.7. The topological polar surface area (TPSA) is 38.7 Å². The lowest BCUT2D eigenvalue weighted by molar-refractivity contribution is 0.589. The zero-order valence-electron chi connectivity index (χ0n) is 19.3. The van der Waals surface area contributed by atoms with Crippen molar-refractivity contribution in [3.63, 3.8) is 0 Å². The Bertz CT molecular complexity index is 868. The van der Waals surface area contributed by atoms with Gasteiger partial charge in [0.2, 0.25) is 0 Å². The molecule has 0 amide bonds. The summed E-state index contributed by atoms with van der Waals surface area (Å²) in [5.74, 6) is 0.790. The van der Waals surface area contributed by atoms with Gasteiger partial charge in [0.25, 0.3) is 0 Å². The fourth-order valence-corrected chi connectivity index (χ4v) is 3.83. The van der Waals surface area contributed by atoms with Crippen LogP contribution >= 0.6 is 0 Å². The Morgan fingerprint density at radius 1 is 0.516 bits per heavy atom. The first-order valence-electron chi connectivity index (χ1n) is 12.2. The van der Waals surface area contributed by atoms with Crippen molar-refractivity contribution in [2.45, 2.75) is 84.5 Å². The van der Waals surface area contributed by atoms with Crippen LogP contribution in [0.4, 0.5) is 0 Å². The summed E-state index contributed by atoms with van der Waals surface area (Å²) in [5.41, 5.74) is 5.73. The lowest BCUT2D eigenvalue weighted by atomic mass is 10.1. The molecule has 0 aliphatic carbocycles. The molecular formula is C28H37N3. The van der Waals surface area contributed by atoms with Crippen LogP contribution in [0.5, 0.6) is 0 Å². The Morgan fingerprint density at radius 2 is 1.10 bits per heavy atom. The SMILES string of the molecule is CCCCCCCCCc1cnc(-c2ccc(-c3ccc(CCCC)cn3)cc2)nc1. The van der Waals surface area contributed by atoms with E-state index in [1.807, 2.05) is 18.6 Å². The minimum absolute atomic E-state index is 0.790. The molecule has 2 aromatic heterocycles. The minimum Gasteiger partial charge on any atom is -0.256 e. The molecule has 1 aromatic carbocycles. The van der Waals surface area contributed by atoms with Crippen LogP contribution in [-0.4, -0.2) is 15.0 Å². The van der Waals surface area contributed by atoms with E-state index in [4.69, 9.17) is 0 Å². The van der Waals surface area contributed by atoms with Gasteiger partial charge in [-0.25, -0.2) is 9.97 Å². The summed E-state index contributed by atoms with van der Waals surface area (Å²) in [7, 11) is 0. The maximum absolute atomic E-state index is 4.64. The van der Waals surface area contributed by atoms with Crippen LogP contribution in [0.3, 0.4) is 0 Å². The number of unbranched alkanes of at least 4 members (excludes halogenated alkanes) is 7. The van der Waals surface area contributed by atoms with Gasteiger partial charge >= 0.3 is 0 Å². The summed E-state index contributed by atoms with van der Waals surface area (Å²) in [6.07, 6.45) is 19.9. The monoisotopic (exact) mass is 415 g/mol. The molecule has 3 rings (SSSR count). The number of rotatable bonds is 13. The van der Waals surface area contributed by atoms with Crippen molar-refractivity contribution >= 4 is 0 Å². The predicted molar refractivity (Wildman–Crippen MR) is 131 cm³/mol. The molecule has 3 nitrogen and oxygen atoms in total. The second-order valence-corrected chi connectivity index (χ2v) is 8.52. The highest BCUT2D eigenvalue weighted by atomic mass is 14.9. The minimum atomic E-state index is 0.790. The highest BCUT2D eigenvalue weighted by Gasteiger charge is 2.05. The van der Waals surface area contributed by atoms with E-state index in [2.05, 4.69) is 65.2 Å². The molecule has 0 aliphatic rings. The molecule has 0 atom stereocenters. The molecule has 0 radical (unpaired) electrons. The Balaban J connectivity index is 1.50. The van der Waals surface area contributed by atoms with E-state index in [0.29, 0.717) is 0 Å². The highest BCUT2D eigenvalue weighted by molar-refractivity contribution is 5.65. The molecule has 0 saturated heterocycles. The standard InChI is InChI=1S/C28H37N3/c1-3-5-7-8-9-10-11-13-24-21-30-28(31-22-24)26-17-15-25(16-18-26)27-19-14-23(20-29-27)12-6-4-2/h14-22H,3-13H2,1-2H3. The van der Waals surface area contributed by atoms with Gasteiger partial charge in [-0.1, -0.05) is 89.1 Å². The number of hydrogen-bond acceptors (Lipinski definition) is 3. The Labute approximate surface area is 188 Å². The van der Waals surface area contributed by atoms with Crippen molar-refractivity contribution in [1.82, 2.24) is 15.0 Å². The van der Waals surface area contributed by atoms with Gasteiger partial charge in [-0.05, 0) is 42.9 Å². The Kier molecular flexibility index (Phi) is 9.69. The maximum Gasteiger partial charge on any atom is 0.159 e. The van der Waals surface area contributed by atoms with Gasteiger partial charge < -0.3 is 0 Å². The lowest BCUT2D eigenvalue weighted by Crippen LogP contribution is -1.94. The summed E-state index contributed by atoms with van der Waals surface area (Å²) in [6.45, 7) is 4.49. The van der Waals surface area contributed by atoms with Crippen LogP contribution in [-0.2, 0) is 12.8 Å². The van der Waals surface area contributed by atoms with Crippen molar-refractivity contribution in [3.8, 4) is 22.6 Å². The van der Waals surface area contributed by atoms with E-state index in [1.54, 1.807) is 0 Å². The van der Waals surface area contributed by atoms with Gasteiger partial charge in [0.15, 0.2) is 5.82 Å². The van der Waals surface area contributed by atoms with Gasteiger partial charge in [-0.2, -0.15) is 0 Å². The molecule has 31 heavy (non-hydrogen) atoms. The first kappa shape index (κ1) is 23.1. The fourth-order valence-electron chi connectivity index (χ4n) is 3.83. The Morgan fingerprint density at radius 3 is 1.74 bits per heavy atom. The van der Waals surface area contributed by atoms with Gasteiger partial charge in [-0.15, -0.1) is 0 Å². The number of benzene rings is 1. The molecule has 0 unspecified atom stereocenters. The van der Waals surface area contributed by atoms with Crippen LogP contribution in [0.1, 0.15) is 82.8 Å². The van der Waals surface area contributed by atoms with E-state index < -0.39 is 0 Å². The molecule has 0 spiro atoms. The van der Waals surface area contributed by atoms with E-state index in [0.717, 1.165) is 35.5 Å². The van der Waals surface area contributed by atoms with E-state index in [1.165, 1.54) is 68.9 Å². The van der Waals surface area contributed by atoms with Crippen LogP contribution in [0.25, 0.3) is 22.6 Å². The first-order valence-corrected chi connectivity index (χ1v) is 12.2. The number of nitrogens with zero attached hydrogens (tertiary/aromatic N) is 3. The van der Waals surface area contributed by atoms with Crippen LogP contribution < -0.4 is 0 Å². The average molecular weight is 416 g/mol. The van der Waals surface area contributed by atoms with Gasteiger partial charge in [0.05, 0.1) is 5.69 Å². The molecule has 2 heterocycles. The van der Waals surface area contributed by atoms with E-state index in [9.17, 15) is 0 Å². The fraction of sp³-hybridized carbons (Fsp3) is 0.464. The summed E-state index contributed by atoms with van der Waals surface area (Å²) >= 11 is 0. The molecule has 0 fully saturated rings. The zero-order valence-corrected chi connectivity index (χ0v) is 19.3. The number of aromatic nitrogens is 3. The lowest BCUT2D eigenvalue weighted by Gasteiger charge is -2.06. The Hall–Kier alpha value is -2.55. The highest BCUT2D eigenvalue weighted by Crippen LogP contribution is 2.22. The van der Waals surface area contributed by atoms with Gasteiger partial charge in [-0.3, -0.25) is 4.98 Å². The second-order valence-electron chi connectivity index (χ2n) is 8.52. The third-order valence-electron chi connectivity index (χ3n) is 5.86. The molecule has 0 saturated carbocycles. The van der Waals surface area contributed by atoms with Crippen LogP contribution in [0.2, 0.25) is 0 Å². The number of hydrogen-bond donors (Lipinski definition) is 0. The summed E-state index contributed by atoms with van der Waals surface area (Å²) in [5, 5.41) is 0. The van der Waals surface area contributed by atoms with Crippen molar-refractivity contribution in [3.05, 3.63) is 66.1 Å². The van der Waals surface area contributed by atoms with E-state index >= 15 is 0 Å². The molecule has 164 valence electrons. The van der Waals surface area contributed by atoms with Crippen LogP contribution in [0, 0.1) is 0 Å². The zero-order chi connectivity index (χ0) is 21.7. The summed E-state index contributed by atoms with van der Waals surface area (Å²) < 4.78 is 0. The second kappa shape index (κ2) is 13.0. The third-order valence-corrected chi connectivity index (χ3v) is 5.86. The third kappa shape index (κ3) is 7.57. The number of aryl methyl sites for hydroxylation is 2. The maximum atomic E-state index is 4.64. The smallest absolute Gasteiger partial charge is 0.159 e. The predicted octanol–water partition coefficient (Wildman–Crippen LogP) is 7.84. The van der Waals surface area contributed by atoms with Crippen LogP contribution in [0.15, 0.2) is 55.0 Å². The quantitative estimate of drug-likeness (QED) is 0.267. The normalized spacial score (nSPS) is 11.0. The molecule has 3 aromatic rings. The van der Waals surface area contributed by atoms with E-state index in [-0.39, 0.29) is 0 Å². The largest absolute Gasteiger partial charge is 0.256 e. The van der Waals surface area contributed by atoms with Crippen molar-refractivity contribution < 1.29 is 0 Å². The summed E-state index contributed by atoms with van der Waals surface area (Å²) in [4.78, 5) is 13.8. The molecule has 3 heteroatoms. The molecule has 0 aliphatic heterocycles. The molecule has 0 N–H and O–H groups in total. The van der Waals surface area contributed by atoms with Crippen molar-refractivity contribution in [2.75, 3.05) is 0 Å². The number of pyridine rings is 1. The average Bonchev–Trinajstić information content (AvgIpc) is 2.83. The first-order chi connectivity index (χ1) is 15.3. The molecule has 0 bridgehead atoms. The van der Waals surface area contributed by atoms with Crippen molar-refractivity contribution in [2.24, 2.45) is 0 Å².